The van der Waals surface area contributed by atoms with Crippen LogP contribution in [0.15, 0.2) is 24.3 Å². The number of nitrogens with one attached hydrogen (secondary N) is 1. The maximum atomic E-state index is 12.6. The zero-order chi connectivity index (χ0) is 18.7. The predicted octanol–water partition coefficient (Wildman–Crippen LogP) is 2.62. The lowest BCUT2D eigenvalue weighted by atomic mass is 9.80. The number of carbonyl (C=O) groups is 2. The van der Waals surface area contributed by atoms with E-state index < -0.39 is 6.04 Å². The van der Waals surface area contributed by atoms with E-state index in [1.54, 1.807) is 0 Å². The van der Waals surface area contributed by atoms with Gasteiger partial charge in [-0.25, -0.2) is 0 Å². The van der Waals surface area contributed by atoms with Gasteiger partial charge >= 0.3 is 0 Å². The summed E-state index contributed by atoms with van der Waals surface area (Å²) in [6, 6.07) is 7.78. The third-order valence-corrected chi connectivity index (χ3v) is 6.18. The van der Waals surface area contributed by atoms with Gasteiger partial charge in [0, 0.05) is 24.7 Å². The number of amides is 2. The molecule has 0 heterocycles. The van der Waals surface area contributed by atoms with Crippen LogP contribution in [0.25, 0.3) is 0 Å². The van der Waals surface area contributed by atoms with E-state index >= 15 is 0 Å². The Morgan fingerprint density at radius 1 is 1.08 bits per heavy atom. The summed E-state index contributed by atoms with van der Waals surface area (Å²) in [4.78, 5) is 26.8. The first-order chi connectivity index (χ1) is 12.5. The molecule has 0 saturated heterocycles. The van der Waals surface area contributed by atoms with E-state index in [1.165, 1.54) is 6.42 Å². The average molecular weight is 357 g/mol. The Bertz CT molecular complexity index is 631. The molecule has 2 fully saturated rings. The molecule has 0 bridgehead atoms. The molecule has 2 saturated carbocycles. The van der Waals surface area contributed by atoms with Crippen molar-refractivity contribution in [3.63, 3.8) is 0 Å². The van der Waals surface area contributed by atoms with Crippen LogP contribution in [0, 0.1) is 12.8 Å². The van der Waals surface area contributed by atoms with Crippen LogP contribution in [-0.2, 0) is 4.79 Å². The molecule has 5 heteroatoms. The Kier molecular flexibility index (Phi) is 5.97. The number of rotatable bonds is 5. The first kappa shape index (κ1) is 18.9. The maximum absolute atomic E-state index is 12.6. The molecule has 2 aliphatic rings. The van der Waals surface area contributed by atoms with Gasteiger partial charge in [-0.1, -0.05) is 17.7 Å². The van der Waals surface area contributed by atoms with Crippen molar-refractivity contribution < 1.29 is 9.59 Å². The van der Waals surface area contributed by atoms with E-state index in [0.717, 1.165) is 44.1 Å². The van der Waals surface area contributed by atoms with Crippen LogP contribution < -0.4 is 11.1 Å². The lowest BCUT2D eigenvalue weighted by molar-refractivity contribution is -0.136. The van der Waals surface area contributed by atoms with Crippen molar-refractivity contribution in [1.82, 2.24) is 10.2 Å². The van der Waals surface area contributed by atoms with Crippen molar-refractivity contribution in [2.24, 2.45) is 11.7 Å². The Hall–Kier alpha value is -1.88. The van der Waals surface area contributed by atoms with Gasteiger partial charge < -0.3 is 16.0 Å². The lowest BCUT2D eigenvalue weighted by Crippen LogP contribution is -2.52. The van der Waals surface area contributed by atoms with Gasteiger partial charge in [0.15, 0.2) is 0 Å². The van der Waals surface area contributed by atoms with Gasteiger partial charge in [0.05, 0.1) is 6.04 Å². The standard InChI is InChI=1S/C21H31N3O2/c1-14-6-8-16(9-7-14)20(25)23-17-12-10-15(11-13-17)19(22)21(26)24(2)18-4-3-5-18/h6-9,15,17-19H,3-5,10-13,22H2,1-2H3,(H,23,25)/t15?,17?,19-/m0/s1. The second-order valence-corrected chi connectivity index (χ2v) is 8.01. The maximum Gasteiger partial charge on any atom is 0.251 e. The monoisotopic (exact) mass is 357 g/mol. The molecule has 0 aliphatic heterocycles. The molecule has 3 N–H and O–H groups in total. The molecule has 0 spiro atoms. The van der Waals surface area contributed by atoms with Crippen molar-refractivity contribution >= 4 is 11.8 Å². The van der Waals surface area contributed by atoms with Gasteiger partial charge in [0.1, 0.15) is 0 Å². The van der Waals surface area contributed by atoms with Gasteiger partial charge in [-0.2, -0.15) is 0 Å². The van der Waals surface area contributed by atoms with Crippen molar-refractivity contribution in [1.29, 1.82) is 0 Å². The zero-order valence-electron chi connectivity index (χ0n) is 15.9. The Morgan fingerprint density at radius 3 is 2.23 bits per heavy atom. The highest BCUT2D eigenvalue weighted by molar-refractivity contribution is 5.94. The highest BCUT2D eigenvalue weighted by Gasteiger charge is 2.34. The highest BCUT2D eigenvalue weighted by atomic mass is 16.2. The van der Waals surface area contributed by atoms with Crippen LogP contribution >= 0.6 is 0 Å². The van der Waals surface area contributed by atoms with Crippen molar-refractivity contribution in [2.45, 2.75) is 70.0 Å². The van der Waals surface area contributed by atoms with Crippen LogP contribution in [0.5, 0.6) is 0 Å². The van der Waals surface area contributed by atoms with E-state index in [2.05, 4.69) is 5.32 Å². The number of likely N-dealkylation sites (N-methyl/N-ethyl adjacent to an activating group) is 1. The van der Waals surface area contributed by atoms with Gasteiger partial charge in [0.25, 0.3) is 5.91 Å². The summed E-state index contributed by atoms with van der Waals surface area (Å²) in [5.41, 5.74) is 8.13. The van der Waals surface area contributed by atoms with Gasteiger partial charge in [-0.3, -0.25) is 9.59 Å². The normalized spacial score (nSPS) is 24.4. The zero-order valence-corrected chi connectivity index (χ0v) is 15.9. The first-order valence-electron chi connectivity index (χ1n) is 9.85. The minimum absolute atomic E-state index is 0.0152. The largest absolute Gasteiger partial charge is 0.349 e. The third kappa shape index (κ3) is 4.26. The fourth-order valence-corrected chi connectivity index (χ4v) is 3.99. The molecule has 142 valence electrons. The fourth-order valence-electron chi connectivity index (χ4n) is 3.99. The summed E-state index contributed by atoms with van der Waals surface area (Å²) < 4.78 is 0. The van der Waals surface area contributed by atoms with Crippen LogP contribution in [0.2, 0.25) is 0 Å². The Labute approximate surface area is 156 Å². The Morgan fingerprint density at radius 2 is 1.69 bits per heavy atom. The van der Waals surface area contributed by atoms with Crippen LogP contribution in [0.4, 0.5) is 0 Å². The molecule has 1 aromatic carbocycles. The third-order valence-electron chi connectivity index (χ3n) is 6.18. The van der Waals surface area contributed by atoms with Gasteiger partial charge in [-0.15, -0.1) is 0 Å². The predicted molar refractivity (Wildman–Crippen MR) is 103 cm³/mol. The molecular weight excluding hydrogens is 326 g/mol. The number of hydrogen-bond acceptors (Lipinski definition) is 3. The Balaban J connectivity index is 1.46. The number of nitrogens with two attached hydrogens (primary N) is 1. The summed E-state index contributed by atoms with van der Waals surface area (Å²) in [7, 11) is 1.89. The minimum atomic E-state index is -0.408. The lowest BCUT2D eigenvalue weighted by Gasteiger charge is -2.38. The molecule has 0 unspecified atom stereocenters. The second-order valence-electron chi connectivity index (χ2n) is 8.01. The number of hydrogen-bond donors (Lipinski definition) is 2. The molecule has 1 atom stereocenters. The molecule has 3 rings (SSSR count). The van der Waals surface area contributed by atoms with Gasteiger partial charge in [0.2, 0.25) is 5.91 Å². The molecule has 1 aromatic rings. The van der Waals surface area contributed by atoms with Crippen LogP contribution in [0.1, 0.15) is 60.9 Å². The van der Waals surface area contributed by atoms with Crippen molar-refractivity contribution in [3.8, 4) is 0 Å². The van der Waals surface area contributed by atoms with E-state index in [0.29, 0.717) is 11.6 Å². The van der Waals surface area contributed by atoms with E-state index in [-0.39, 0.29) is 23.8 Å². The average Bonchev–Trinajstić information content (AvgIpc) is 2.60. The molecule has 5 nitrogen and oxygen atoms in total. The molecule has 2 aliphatic carbocycles. The van der Waals surface area contributed by atoms with Crippen LogP contribution in [-0.4, -0.2) is 41.9 Å². The van der Waals surface area contributed by atoms with Crippen LogP contribution in [0.3, 0.4) is 0 Å². The summed E-state index contributed by atoms with van der Waals surface area (Å²) in [5, 5.41) is 3.13. The smallest absolute Gasteiger partial charge is 0.251 e. The van der Waals surface area contributed by atoms with Crippen molar-refractivity contribution in [2.75, 3.05) is 7.05 Å². The van der Waals surface area contributed by atoms with E-state index in [4.69, 9.17) is 5.73 Å². The summed E-state index contributed by atoms with van der Waals surface area (Å²) in [6.07, 6.45) is 6.98. The molecule has 0 radical (unpaired) electrons. The van der Waals surface area contributed by atoms with Crippen molar-refractivity contribution in [3.05, 3.63) is 35.4 Å². The summed E-state index contributed by atoms with van der Waals surface area (Å²) >= 11 is 0. The van der Waals surface area contributed by atoms with E-state index in [9.17, 15) is 9.59 Å². The topological polar surface area (TPSA) is 75.4 Å². The summed E-state index contributed by atoms with van der Waals surface area (Å²) in [6.45, 7) is 2.01. The van der Waals surface area contributed by atoms with Gasteiger partial charge in [-0.05, 0) is 69.9 Å². The highest BCUT2D eigenvalue weighted by Crippen LogP contribution is 2.29. The SMILES string of the molecule is Cc1ccc(C(=O)NC2CCC([C@H](N)C(=O)N(C)C3CCC3)CC2)cc1. The molecule has 26 heavy (non-hydrogen) atoms. The fraction of sp³-hybridized carbons (Fsp3) is 0.619. The number of benzene rings is 1. The molecule has 2 amide bonds. The first-order valence-corrected chi connectivity index (χ1v) is 9.85. The quantitative estimate of drug-likeness (QED) is 0.850. The van der Waals surface area contributed by atoms with E-state index in [1.807, 2.05) is 43.1 Å². The number of carbonyl (C=O) groups excluding carboxylic acids is 2. The number of aryl methyl sites for hydroxylation is 1. The minimum Gasteiger partial charge on any atom is -0.349 e. The molecule has 0 aromatic heterocycles. The number of nitrogens with zero attached hydrogens (tertiary/aromatic N) is 1. The second kappa shape index (κ2) is 8.21. The summed E-state index contributed by atoms with van der Waals surface area (Å²) in [5.74, 6) is 0.290. The molecular formula is C21H31N3O2.